The maximum Gasteiger partial charge on any atom is 0.312 e. The average molecular weight is 421 g/mol. The number of phenols is 2. The van der Waals surface area contributed by atoms with Crippen LogP contribution in [0.2, 0.25) is 0 Å². The molecule has 3 aromatic rings. The molecule has 1 atom stereocenters. The van der Waals surface area contributed by atoms with Crippen LogP contribution in [0.25, 0.3) is 0 Å². The topological polar surface area (TPSA) is 98.0 Å². The first-order valence-corrected chi connectivity index (χ1v) is 9.97. The average Bonchev–Trinajstić information content (AvgIpc) is 2.74. The van der Waals surface area contributed by atoms with Gasteiger partial charge in [-0.25, -0.2) is 0 Å². The van der Waals surface area contributed by atoms with Gasteiger partial charge in [-0.15, -0.1) is 0 Å². The normalized spacial score (nSPS) is 15.3. The van der Waals surface area contributed by atoms with Gasteiger partial charge in [-0.2, -0.15) is 0 Å². The Morgan fingerprint density at radius 2 is 1.84 bits per heavy atom. The first-order valence-electron chi connectivity index (χ1n) is 9.97. The number of aryl methyl sites for hydroxylation is 2. The molecule has 0 saturated carbocycles. The SMILES string of the molecule is COc1ccc([C@@H]2CC(=O)Oc3cc(C)n(CCc4ccc(O)cc4)c(=O)c32)cc1O. The van der Waals surface area contributed by atoms with Gasteiger partial charge in [0.25, 0.3) is 5.56 Å². The van der Waals surface area contributed by atoms with E-state index in [1.165, 1.54) is 13.2 Å². The van der Waals surface area contributed by atoms with Gasteiger partial charge in [-0.3, -0.25) is 9.59 Å². The van der Waals surface area contributed by atoms with Crippen molar-refractivity contribution in [1.82, 2.24) is 4.57 Å². The molecule has 2 aromatic carbocycles. The number of nitrogens with zero attached hydrogens (tertiary/aromatic N) is 1. The number of esters is 1. The minimum Gasteiger partial charge on any atom is -0.508 e. The second-order valence-corrected chi connectivity index (χ2v) is 7.60. The number of pyridine rings is 1. The zero-order valence-electron chi connectivity index (χ0n) is 17.3. The van der Waals surface area contributed by atoms with Gasteiger partial charge in [0.1, 0.15) is 11.5 Å². The van der Waals surface area contributed by atoms with Gasteiger partial charge in [-0.1, -0.05) is 18.2 Å². The van der Waals surface area contributed by atoms with Crippen LogP contribution < -0.4 is 15.0 Å². The fourth-order valence-electron chi connectivity index (χ4n) is 3.98. The number of fused-ring (bicyclic) bond motifs is 1. The summed E-state index contributed by atoms with van der Waals surface area (Å²) in [6, 6.07) is 13.4. The van der Waals surface area contributed by atoms with E-state index in [0.29, 0.717) is 35.5 Å². The van der Waals surface area contributed by atoms with E-state index in [-0.39, 0.29) is 29.2 Å². The van der Waals surface area contributed by atoms with Crippen LogP contribution in [0.3, 0.4) is 0 Å². The molecule has 7 heteroatoms. The van der Waals surface area contributed by atoms with Crippen molar-refractivity contribution >= 4 is 5.97 Å². The molecular formula is C24H23NO6. The van der Waals surface area contributed by atoms with E-state index >= 15 is 0 Å². The number of hydrogen-bond donors (Lipinski definition) is 2. The standard InChI is InChI=1S/C24H23NO6/c1-14-11-21-23(24(29)25(14)10-9-15-3-6-17(26)7-4-15)18(13-22(28)31-21)16-5-8-20(30-2)19(27)12-16/h3-8,11-12,18,26-27H,9-10,13H2,1-2H3/t18-/m0/s1. The largest absolute Gasteiger partial charge is 0.508 e. The van der Waals surface area contributed by atoms with Crippen molar-refractivity contribution in [2.75, 3.05) is 7.11 Å². The third-order valence-electron chi connectivity index (χ3n) is 5.62. The highest BCUT2D eigenvalue weighted by Crippen LogP contribution is 2.39. The number of aromatic hydroxyl groups is 2. The van der Waals surface area contributed by atoms with E-state index in [1.54, 1.807) is 41.8 Å². The van der Waals surface area contributed by atoms with Crippen LogP contribution in [0.5, 0.6) is 23.0 Å². The molecule has 1 aliphatic rings. The molecule has 31 heavy (non-hydrogen) atoms. The molecule has 0 saturated heterocycles. The van der Waals surface area contributed by atoms with Crippen molar-refractivity contribution < 1.29 is 24.5 Å². The molecule has 0 spiro atoms. The van der Waals surface area contributed by atoms with E-state index < -0.39 is 11.9 Å². The minimum absolute atomic E-state index is 0.00896. The number of ether oxygens (including phenoxy) is 2. The Kier molecular flexibility index (Phi) is 5.42. The summed E-state index contributed by atoms with van der Waals surface area (Å²) in [5.41, 5.74) is 2.50. The molecule has 0 radical (unpaired) electrons. The van der Waals surface area contributed by atoms with Crippen LogP contribution in [0.15, 0.2) is 53.3 Å². The molecule has 0 bridgehead atoms. The summed E-state index contributed by atoms with van der Waals surface area (Å²) >= 11 is 0. The fourth-order valence-corrected chi connectivity index (χ4v) is 3.98. The van der Waals surface area contributed by atoms with Crippen molar-refractivity contribution in [1.29, 1.82) is 0 Å². The highest BCUT2D eigenvalue weighted by molar-refractivity contribution is 5.77. The van der Waals surface area contributed by atoms with Gasteiger partial charge >= 0.3 is 5.97 Å². The summed E-state index contributed by atoms with van der Waals surface area (Å²) in [4.78, 5) is 25.7. The van der Waals surface area contributed by atoms with Crippen molar-refractivity contribution in [3.05, 3.63) is 81.3 Å². The number of carbonyl (C=O) groups is 1. The third kappa shape index (κ3) is 3.99. The number of phenolic OH excluding ortho intramolecular Hbond substituents is 2. The zero-order chi connectivity index (χ0) is 22.1. The summed E-state index contributed by atoms with van der Waals surface area (Å²) in [5.74, 6) is -0.231. The van der Waals surface area contributed by atoms with Crippen LogP contribution in [-0.4, -0.2) is 27.9 Å². The maximum absolute atomic E-state index is 13.5. The Balaban J connectivity index is 1.74. The van der Waals surface area contributed by atoms with Gasteiger partial charge in [0.05, 0.1) is 19.1 Å². The molecule has 0 aliphatic carbocycles. The smallest absolute Gasteiger partial charge is 0.312 e. The Labute approximate surface area is 179 Å². The molecule has 160 valence electrons. The zero-order valence-corrected chi connectivity index (χ0v) is 17.3. The van der Waals surface area contributed by atoms with Gasteiger partial charge in [-0.05, 0) is 48.7 Å². The van der Waals surface area contributed by atoms with Crippen molar-refractivity contribution in [2.24, 2.45) is 0 Å². The Hall–Kier alpha value is -3.74. The molecule has 7 nitrogen and oxygen atoms in total. The second kappa shape index (κ2) is 8.18. The van der Waals surface area contributed by atoms with Gasteiger partial charge in [0.2, 0.25) is 0 Å². The molecular weight excluding hydrogens is 398 g/mol. The Morgan fingerprint density at radius 1 is 1.10 bits per heavy atom. The number of carbonyl (C=O) groups excluding carboxylic acids is 1. The van der Waals surface area contributed by atoms with E-state index in [4.69, 9.17) is 9.47 Å². The van der Waals surface area contributed by atoms with Gasteiger partial charge in [0.15, 0.2) is 11.5 Å². The molecule has 2 heterocycles. The quantitative estimate of drug-likeness (QED) is 0.614. The highest BCUT2D eigenvalue weighted by Gasteiger charge is 2.33. The lowest BCUT2D eigenvalue weighted by Crippen LogP contribution is -2.33. The predicted molar refractivity (Wildman–Crippen MR) is 114 cm³/mol. The summed E-state index contributed by atoms with van der Waals surface area (Å²) in [5, 5.41) is 19.6. The second-order valence-electron chi connectivity index (χ2n) is 7.60. The third-order valence-corrected chi connectivity index (χ3v) is 5.62. The van der Waals surface area contributed by atoms with Gasteiger partial charge < -0.3 is 24.3 Å². The summed E-state index contributed by atoms with van der Waals surface area (Å²) < 4.78 is 12.1. The lowest BCUT2D eigenvalue weighted by Gasteiger charge is -2.26. The van der Waals surface area contributed by atoms with Crippen LogP contribution in [0.1, 0.15) is 34.7 Å². The van der Waals surface area contributed by atoms with Crippen molar-refractivity contribution in [2.45, 2.75) is 32.2 Å². The predicted octanol–water partition coefficient (Wildman–Crippen LogP) is 3.26. The molecule has 0 amide bonds. The Morgan fingerprint density at radius 3 is 2.52 bits per heavy atom. The lowest BCUT2D eigenvalue weighted by atomic mass is 9.86. The summed E-state index contributed by atoms with van der Waals surface area (Å²) in [7, 11) is 1.46. The molecule has 1 aliphatic heterocycles. The fraction of sp³-hybridized carbons (Fsp3) is 0.250. The van der Waals surface area contributed by atoms with Crippen molar-refractivity contribution in [3.63, 3.8) is 0 Å². The number of rotatable bonds is 5. The Bertz CT molecular complexity index is 1200. The van der Waals surface area contributed by atoms with Crippen molar-refractivity contribution in [3.8, 4) is 23.0 Å². The first kappa shape index (κ1) is 20.5. The van der Waals surface area contributed by atoms with Gasteiger partial charge in [0, 0.05) is 24.2 Å². The molecule has 1 aromatic heterocycles. The number of aromatic nitrogens is 1. The van der Waals surface area contributed by atoms with Crippen LogP contribution in [0, 0.1) is 6.92 Å². The van der Waals surface area contributed by atoms with E-state index in [2.05, 4.69) is 0 Å². The summed E-state index contributed by atoms with van der Waals surface area (Å²) in [6.45, 7) is 2.24. The highest BCUT2D eigenvalue weighted by atomic mass is 16.5. The number of hydrogen-bond acceptors (Lipinski definition) is 6. The van der Waals surface area contributed by atoms with Crippen LogP contribution >= 0.6 is 0 Å². The van der Waals surface area contributed by atoms with E-state index in [0.717, 1.165) is 5.56 Å². The van der Waals surface area contributed by atoms with E-state index in [1.807, 2.05) is 12.1 Å². The monoisotopic (exact) mass is 421 g/mol. The lowest BCUT2D eigenvalue weighted by molar-refractivity contribution is -0.135. The molecule has 0 unspecified atom stereocenters. The maximum atomic E-state index is 13.5. The minimum atomic E-state index is -0.527. The first-order chi connectivity index (χ1) is 14.9. The number of methoxy groups -OCH3 is 1. The molecule has 2 N–H and O–H groups in total. The molecule has 4 rings (SSSR count). The van der Waals surface area contributed by atoms with Crippen LogP contribution in [-0.2, 0) is 17.8 Å². The van der Waals surface area contributed by atoms with E-state index in [9.17, 15) is 19.8 Å². The number of benzene rings is 2. The van der Waals surface area contributed by atoms with Crippen LogP contribution in [0.4, 0.5) is 0 Å². The summed E-state index contributed by atoms with van der Waals surface area (Å²) in [6.07, 6.45) is 0.614. The molecule has 0 fully saturated rings.